The zero-order chi connectivity index (χ0) is 11.0. The zero-order valence-corrected chi connectivity index (χ0v) is 9.46. The number of hydrogen-bond acceptors (Lipinski definition) is 4. The molecule has 0 aromatic rings. The fraction of sp³-hybridized carbons (Fsp3) is 0.778. The molecule has 1 N–H and O–H groups in total. The molecule has 0 saturated carbocycles. The molecule has 14 heavy (non-hydrogen) atoms. The van der Waals surface area contributed by atoms with E-state index in [1.165, 1.54) is 6.26 Å². The summed E-state index contributed by atoms with van der Waals surface area (Å²) in [4.78, 5) is 1.97. The highest BCUT2D eigenvalue weighted by Gasteiger charge is 2.05. The first kappa shape index (κ1) is 13.6. The second-order valence-corrected chi connectivity index (χ2v) is 5.56. The Balaban J connectivity index is 3.76. The van der Waals surface area contributed by atoms with Crippen molar-refractivity contribution in [2.75, 3.05) is 38.2 Å². The molecule has 0 fully saturated rings. The summed E-state index contributed by atoms with van der Waals surface area (Å²) in [5, 5.41) is 8.73. The Morgan fingerprint density at radius 1 is 1.43 bits per heavy atom. The minimum absolute atomic E-state index is 0.0900. The van der Waals surface area contributed by atoms with Gasteiger partial charge in [0, 0.05) is 19.3 Å². The molecular formula is C9H19NO3S. The molecule has 0 saturated heterocycles. The van der Waals surface area contributed by atoms with Crippen molar-refractivity contribution in [2.45, 2.75) is 6.42 Å². The first-order chi connectivity index (χ1) is 6.49. The SMILES string of the molecule is C=CCN(CCO)CCCS(C)(=O)=O. The Labute approximate surface area is 86.1 Å². The van der Waals surface area contributed by atoms with Gasteiger partial charge in [-0.3, -0.25) is 4.90 Å². The lowest BCUT2D eigenvalue weighted by Gasteiger charge is -2.18. The Bertz CT molecular complexity index is 249. The van der Waals surface area contributed by atoms with E-state index in [9.17, 15) is 8.42 Å². The maximum absolute atomic E-state index is 10.8. The summed E-state index contributed by atoms with van der Waals surface area (Å²) < 4.78 is 21.7. The smallest absolute Gasteiger partial charge is 0.147 e. The van der Waals surface area contributed by atoms with E-state index >= 15 is 0 Å². The molecule has 0 aliphatic carbocycles. The molecule has 5 heteroatoms. The molecule has 0 radical (unpaired) electrons. The Morgan fingerprint density at radius 3 is 2.50 bits per heavy atom. The fourth-order valence-electron chi connectivity index (χ4n) is 1.17. The number of nitrogens with zero attached hydrogens (tertiary/aromatic N) is 1. The molecule has 0 aromatic heterocycles. The van der Waals surface area contributed by atoms with Gasteiger partial charge in [0.15, 0.2) is 0 Å². The fourth-order valence-corrected chi connectivity index (χ4v) is 1.82. The van der Waals surface area contributed by atoms with Gasteiger partial charge < -0.3 is 5.11 Å². The van der Waals surface area contributed by atoms with E-state index in [0.717, 1.165) is 0 Å². The second kappa shape index (κ2) is 6.98. The van der Waals surface area contributed by atoms with Gasteiger partial charge in [0.25, 0.3) is 0 Å². The molecule has 0 atom stereocenters. The number of sulfone groups is 1. The van der Waals surface area contributed by atoms with E-state index in [1.54, 1.807) is 6.08 Å². The number of rotatable bonds is 8. The van der Waals surface area contributed by atoms with Crippen LogP contribution in [-0.4, -0.2) is 56.7 Å². The van der Waals surface area contributed by atoms with Crippen LogP contribution in [0.15, 0.2) is 12.7 Å². The highest BCUT2D eigenvalue weighted by Crippen LogP contribution is 1.94. The molecule has 84 valence electrons. The average molecular weight is 221 g/mol. The molecule has 0 bridgehead atoms. The van der Waals surface area contributed by atoms with Crippen LogP contribution in [0.25, 0.3) is 0 Å². The lowest BCUT2D eigenvalue weighted by atomic mass is 10.4. The van der Waals surface area contributed by atoms with Crippen LogP contribution in [0.1, 0.15) is 6.42 Å². The van der Waals surface area contributed by atoms with E-state index in [2.05, 4.69) is 6.58 Å². The summed E-state index contributed by atoms with van der Waals surface area (Å²) in [5.74, 6) is 0.200. The number of hydrogen-bond donors (Lipinski definition) is 1. The van der Waals surface area contributed by atoms with E-state index in [-0.39, 0.29) is 12.4 Å². The normalized spacial score (nSPS) is 11.9. The van der Waals surface area contributed by atoms with Crippen LogP contribution in [-0.2, 0) is 9.84 Å². The molecule has 0 aromatic carbocycles. The summed E-state index contributed by atoms with van der Waals surface area (Å²) in [6.45, 7) is 5.62. The highest BCUT2D eigenvalue weighted by atomic mass is 32.2. The molecule has 0 aliphatic rings. The summed E-state index contributed by atoms with van der Waals surface area (Å²) >= 11 is 0. The van der Waals surface area contributed by atoms with E-state index in [4.69, 9.17) is 5.11 Å². The van der Waals surface area contributed by atoms with Gasteiger partial charge in [-0.05, 0) is 13.0 Å². The molecule has 0 spiro atoms. The van der Waals surface area contributed by atoms with Gasteiger partial charge in [0.1, 0.15) is 9.84 Å². The molecule has 0 unspecified atom stereocenters. The van der Waals surface area contributed by atoms with Crippen molar-refractivity contribution in [3.63, 3.8) is 0 Å². The van der Waals surface area contributed by atoms with Crippen molar-refractivity contribution in [3.05, 3.63) is 12.7 Å². The lowest BCUT2D eigenvalue weighted by molar-refractivity contribution is 0.209. The van der Waals surface area contributed by atoms with Crippen molar-refractivity contribution >= 4 is 9.84 Å². The van der Waals surface area contributed by atoms with Gasteiger partial charge in [-0.25, -0.2) is 8.42 Å². The summed E-state index contributed by atoms with van der Waals surface area (Å²) in [6, 6.07) is 0. The number of aliphatic hydroxyl groups is 1. The van der Waals surface area contributed by atoms with Crippen molar-refractivity contribution in [3.8, 4) is 0 Å². The Kier molecular flexibility index (Phi) is 6.78. The van der Waals surface area contributed by atoms with Gasteiger partial charge in [-0.1, -0.05) is 6.08 Å². The van der Waals surface area contributed by atoms with Gasteiger partial charge in [0.05, 0.1) is 12.4 Å². The highest BCUT2D eigenvalue weighted by molar-refractivity contribution is 7.90. The first-order valence-corrected chi connectivity index (χ1v) is 6.67. The predicted molar refractivity (Wildman–Crippen MR) is 58.1 cm³/mol. The Hall–Kier alpha value is -0.390. The van der Waals surface area contributed by atoms with Crippen molar-refractivity contribution in [2.24, 2.45) is 0 Å². The summed E-state index contributed by atoms with van der Waals surface area (Å²) in [6.07, 6.45) is 3.58. The van der Waals surface area contributed by atoms with Crippen LogP contribution in [0, 0.1) is 0 Å². The quantitative estimate of drug-likeness (QED) is 0.582. The maximum atomic E-state index is 10.8. The maximum Gasteiger partial charge on any atom is 0.147 e. The largest absolute Gasteiger partial charge is 0.395 e. The van der Waals surface area contributed by atoms with Gasteiger partial charge in [-0.2, -0.15) is 0 Å². The average Bonchev–Trinajstić information content (AvgIpc) is 2.02. The van der Waals surface area contributed by atoms with E-state index < -0.39 is 9.84 Å². The van der Waals surface area contributed by atoms with Gasteiger partial charge >= 0.3 is 0 Å². The van der Waals surface area contributed by atoms with Crippen LogP contribution in [0.2, 0.25) is 0 Å². The number of aliphatic hydroxyl groups excluding tert-OH is 1. The molecule has 4 nitrogen and oxygen atoms in total. The van der Waals surface area contributed by atoms with Crippen molar-refractivity contribution in [1.82, 2.24) is 4.90 Å². The van der Waals surface area contributed by atoms with E-state index in [0.29, 0.717) is 26.1 Å². The minimum Gasteiger partial charge on any atom is -0.395 e. The second-order valence-electron chi connectivity index (χ2n) is 3.30. The molecule has 0 amide bonds. The third-order valence-electron chi connectivity index (χ3n) is 1.79. The molecule has 0 aliphatic heterocycles. The Morgan fingerprint density at radius 2 is 2.07 bits per heavy atom. The predicted octanol–water partition coefficient (Wildman–Crippen LogP) is -0.0986. The molecule has 0 heterocycles. The van der Waals surface area contributed by atoms with Gasteiger partial charge in [0.2, 0.25) is 0 Å². The topological polar surface area (TPSA) is 57.6 Å². The first-order valence-electron chi connectivity index (χ1n) is 4.61. The summed E-state index contributed by atoms with van der Waals surface area (Å²) in [7, 11) is -2.86. The van der Waals surface area contributed by atoms with Crippen LogP contribution >= 0.6 is 0 Å². The molecular weight excluding hydrogens is 202 g/mol. The van der Waals surface area contributed by atoms with Crippen molar-refractivity contribution < 1.29 is 13.5 Å². The third-order valence-corrected chi connectivity index (χ3v) is 2.82. The van der Waals surface area contributed by atoms with Crippen LogP contribution in [0.5, 0.6) is 0 Å². The van der Waals surface area contributed by atoms with E-state index in [1.807, 2.05) is 4.90 Å². The zero-order valence-electron chi connectivity index (χ0n) is 8.65. The molecule has 0 rings (SSSR count). The third kappa shape index (κ3) is 8.22. The standard InChI is InChI=1S/C9H19NO3S/c1-3-5-10(7-8-11)6-4-9-14(2,12)13/h3,11H,1,4-9H2,2H3. The van der Waals surface area contributed by atoms with Crippen LogP contribution in [0.3, 0.4) is 0 Å². The van der Waals surface area contributed by atoms with Crippen LogP contribution in [0.4, 0.5) is 0 Å². The lowest BCUT2D eigenvalue weighted by Crippen LogP contribution is -2.29. The monoisotopic (exact) mass is 221 g/mol. The summed E-state index contributed by atoms with van der Waals surface area (Å²) in [5.41, 5.74) is 0. The minimum atomic E-state index is -2.86. The van der Waals surface area contributed by atoms with Gasteiger partial charge in [-0.15, -0.1) is 6.58 Å². The van der Waals surface area contributed by atoms with Crippen molar-refractivity contribution in [1.29, 1.82) is 0 Å². The van der Waals surface area contributed by atoms with Crippen LogP contribution < -0.4 is 0 Å².